The molecule has 0 unspecified atom stereocenters. The molecule has 0 atom stereocenters. The third kappa shape index (κ3) is 2.52. The highest BCUT2D eigenvalue weighted by atomic mass is 32.2. The summed E-state index contributed by atoms with van der Waals surface area (Å²) in [5.41, 5.74) is 1.92. The molecule has 0 bridgehead atoms. The Morgan fingerprint density at radius 2 is 1.83 bits per heavy atom. The number of hydrogen-bond donors (Lipinski definition) is 0. The van der Waals surface area contributed by atoms with E-state index >= 15 is 0 Å². The minimum Gasteiger partial charge on any atom is -0.192 e. The molecule has 12 heavy (non-hydrogen) atoms. The van der Waals surface area contributed by atoms with Crippen LogP contribution in [0, 0.1) is 11.3 Å². The molecule has 0 spiro atoms. The van der Waals surface area contributed by atoms with Crippen molar-refractivity contribution in [3.05, 3.63) is 35.4 Å². The predicted molar refractivity (Wildman–Crippen MR) is 55.8 cm³/mol. The van der Waals surface area contributed by atoms with E-state index in [1.807, 2.05) is 24.3 Å². The minimum atomic E-state index is 0.317. The Morgan fingerprint density at radius 3 is 2.25 bits per heavy atom. The van der Waals surface area contributed by atoms with Gasteiger partial charge in [-0.05, 0) is 35.6 Å². The summed E-state index contributed by atoms with van der Waals surface area (Å²) < 4.78 is 0. The molecular formula is C10H11NS. The highest BCUT2D eigenvalue weighted by Crippen LogP contribution is 2.05. The van der Waals surface area contributed by atoms with E-state index in [1.54, 1.807) is 0 Å². The first kappa shape index (κ1) is 9.02. The van der Waals surface area contributed by atoms with Gasteiger partial charge in [0.2, 0.25) is 0 Å². The van der Waals surface area contributed by atoms with Gasteiger partial charge in [0.15, 0.2) is 0 Å². The van der Waals surface area contributed by atoms with Crippen molar-refractivity contribution in [3.63, 3.8) is 0 Å². The zero-order valence-corrected chi connectivity index (χ0v) is 8.06. The van der Waals surface area contributed by atoms with Crippen molar-refractivity contribution in [3.8, 4) is 6.07 Å². The van der Waals surface area contributed by atoms with E-state index in [0.717, 1.165) is 5.56 Å². The van der Waals surface area contributed by atoms with Crippen LogP contribution in [0.4, 0.5) is 0 Å². The second-order valence-electron chi connectivity index (χ2n) is 2.73. The van der Waals surface area contributed by atoms with Gasteiger partial charge < -0.3 is 0 Å². The average Bonchev–Trinajstić information content (AvgIpc) is 2.05. The summed E-state index contributed by atoms with van der Waals surface area (Å²) in [7, 11) is 0.317. The van der Waals surface area contributed by atoms with Crippen LogP contribution in [0.2, 0.25) is 0 Å². The second-order valence-corrected chi connectivity index (χ2v) is 4.73. The lowest BCUT2D eigenvalue weighted by atomic mass is 10.2. The van der Waals surface area contributed by atoms with Crippen LogP contribution >= 0.6 is 10.5 Å². The molecule has 62 valence electrons. The normalized spacial score (nSPS) is 9.50. The van der Waals surface area contributed by atoms with Crippen molar-refractivity contribution in [1.29, 1.82) is 5.26 Å². The quantitative estimate of drug-likeness (QED) is 0.603. The molecule has 0 aliphatic rings. The van der Waals surface area contributed by atoms with Gasteiger partial charge in [-0.1, -0.05) is 12.1 Å². The first-order valence-corrected chi connectivity index (χ1v) is 5.74. The third-order valence-corrected chi connectivity index (χ3v) is 2.16. The van der Waals surface area contributed by atoms with E-state index in [0.29, 0.717) is 10.5 Å². The summed E-state index contributed by atoms with van der Waals surface area (Å²) in [6, 6.07) is 9.74. The zero-order chi connectivity index (χ0) is 8.97. The molecule has 0 saturated carbocycles. The van der Waals surface area contributed by atoms with Crippen LogP contribution in [-0.2, 0) is 0 Å². The monoisotopic (exact) mass is 177 g/mol. The lowest BCUT2D eigenvalue weighted by Gasteiger charge is -1.94. The SMILES string of the molecule is CS(C)=Cc1ccc(C#N)cc1. The van der Waals surface area contributed by atoms with E-state index in [-0.39, 0.29) is 0 Å². The number of rotatable bonds is 1. The highest BCUT2D eigenvalue weighted by molar-refractivity contribution is 8.14. The molecule has 0 aromatic heterocycles. The lowest BCUT2D eigenvalue weighted by molar-refractivity contribution is 1.48. The smallest absolute Gasteiger partial charge is 0.0991 e. The maximum Gasteiger partial charge on any atom is 0.0991 e. The van der Waals surface area contributed by atoms with Crippen LogP contribution < -0.4 is 0 Å². The molecule has 0 aliphatic carbocycles. The number of hydrogen-bond acceptors (Lipinski definition) is 1. The zero-order valence-electron chi connectivity index (χ0n) is 7.24. The van der Waals surface area contributed by atoms with Crippen molar-refractivity contribution >= 4 is 15.9 Å². The van der Waals surface area contributed by atoms with Gasteiger partial charge in [-0.15, -0.1) is 0 Å². The summed E-state index contributed by atoms with van der Waals surface area (Å²) in [4.78, 5) is 0. The van der Waals surface area contributed by atoms with Crippen molar-refractivity contribution in [2.45, 2.75) is 0 Å². The molecule has 1 rings (SSSR count). The first-order valence-electron chi connectivity index (χ1n) is 3.64. The van der Waals surface area contributed by atoms with E-state index in [2.05, 4.69) is 23.9 Å². The predicted octanol–water partition coefficient (Wildman–Crippen LogP) is 2.24. The van der Waals surface area contributed by atoms with Gasteiger partial charge in [0.1, 0.15) is 0 Å². The van der Waals surface area contributed by atoms with Crippen molar-refractivity contribution in [2.75, 3.05) is 12.5 Å². The second kappa shape index (κ2) is 4.08. The van der Waals surface area contributed by atoms with Crippen molar-refractivity contribution in [1.82, 2.24) is 0 Å². The Kier molecular flexibility index (Phi) is 3.07. The Labute approximate surface area is 75.6 Å². The molecule has 0 amide bonds. The Morgan fingerprint density at radius 1 is 1.25 bits per heavy atom. The van der Waals surface area contributed by atoms with E-state index in [9.17, 15) is 0 Å². The fraction of sp³-hybridized carbons (Fsp3) is 0.200. The summed E-state index contributed by atoms with van der Waals surface area (Å²) in [5, 5.41) is 10.7. The molecule has 0 N–H and O–H groups in total. The largest absolute Gasteiger partial charge is 0.192 e. The summed E-state index contributed by atoms with van der Waals surface area (Å²) in [6.07, 6.45) is 4.33. The molecule has 2 heteroatoms. The van der Waals surface area contributed by atoms with Crippen LogP contribution in [0.25, 0.3) is 0 Å². The van der Waals surface area contributed by atoms with Gasteiger partial charge in [0.25, 0.3) is 0 Å². The Balaban J connectivity index is 2.95. The minimum absolute atomic E-state index is 0.317. The van der Waals surface area contributed by atoms with Gasteiger partial charge >= 0.3 is 0 Å². The first-order chi connectivity index (χ1) is 5.72. The standard InChI is InChI=1S/C10H11NS/c1-12(2)8-10-5-3-9(7-11)4-6-10/h3-6,8H,1-2H3. The van der Waals surface area contributed by atoms with Gasteiger partial charge in [0.05, 0.1) is 11.6 Å². The van der Waals surface area contributed by atoms with Crippen LogP contribution in [0.3, 0.4) is 0 Å². The summed E-state index contributed by atoms with van der Waals surface area (Å²) >= 11 is 0. The van der Waals surface area contributed by atoms with E-state index in [4.69, 9.17) is 5.26 Å². The van der Waals surface area contributed by atoms with Gasteiger partial charge in [0, 0.05) is 0 Å². The van der Waals surface area contributed by atoms with E-state index in [1.165, 1.54) is 5.56 Å². The highest BCUT2D eigenvalue weighted by Gasteiger charge is 1.89. The molecular weight excluding hydrogens is 166 g/mol. The molecule has 0 fully saturated rings. The maximum atomic E-state index is 8.55. The average molecular weight is 177 g/mol. The van der Waals surface area contributed by atoms with Gasteiger partial charge in [-0.25, -0.2) is 0 Å². The number of nitrogens with zero attached hydrogens (tertiary/aromatic N) is 1. The topological polar surface area (TPSA) is 23.8 Å². The van der Waals surface area contributed by atoms with Crippen LogP contribution in [-0.4, -0.2) is 17.9 Å². The molecule has 0 aliphatic heterocycles. The molecule has 1 aromatic rings. The summed E-state index contributed by atoms with van der Waals surface area (Å²) in [5.74, 6) is 0. The van der Waals surface area contributed by atoms with Crippen LogP contribution in [0.15, 0.2) is 24.3 Å². The maximum absolute atomic E-state index is 8.55. The van der Waals surface area contributed by atoms with E-state index < -0.39 is 0 Å². The summed E-state index contributed by atoms with van der Waals surface area (Å²) in [6.45, 7) is 0. The van der Waals surface area contributed by atoms with Crippen molar-refractivity contribution in [2.24, 2.45) is 0 Å². The molecule has 1 aromatic carbocycles. The fourth-order valence-corrected chi connectivity index (χ4v) is 1.61. The van der Waals surface area contributed by atoms with Crippen LogP contribution in [0.5, 0.6) is 0 Å². The molecule has 1 nitrogen and oxygen atoms in total. The Hall–Kier alpha value is -1.07. The van der Waals surface area contributed by atoms with Crippen LogP contribution in [0.1, 0.15) is 11.1 Å². The fourth-order valence-electron chi connectivity index (χ4n) is 0.908. The van der Waals surface area contributed by atoms with Gasteiger partial charge in [-0.2, -0.15) is 15.7 Å². The molecule has 0 heterocycles. The van der Waals surface area contributed by atoms with Crippen molar-refractivity contribution < 1.29 is 0 Å². The van der Waals surface area contributed by atoms with Gasteiger partial charge in [-0.3, -0.25) is 0 Å². The number of nitriles is 1. The Bertz CT molecular complexity index is 326. The third-order valence-electron chi connectivity index (χ3n) is 1.41. The molecule has 0 saturated heterocycles. The number of benzene rings is 1. The lowest BCUT2D eigenvalue weighted by Crippen LogP contribution is -1.81. The molecule has 0 radical (unpaired) electrons.